The van der Waals surface area contributed by atoms with Crippen LogP contribution in [0.1, 0.15) is 53.4 Å². The molecule has 0 spiro atoms. The Morgan fingerprint density at radius 3 is 2.38 bits per heavy atom. The van der Waals surface area contributed by atoms with E-state index in [1.54, 1.807) is 0 Å². The third-order valence-corrected chi connectivity index (χ3v) is 3.07. The van der Waals surface area contributed by atoms with Gasteiger partial charge in [-0.2, -0.15) is 0 Å². The van der Waals surface area contributed by atoms with Crippen LogP contribution in [0, 0.1) is 11.8 Å². The van der Waals surface area contributed by atoms with Crippen LogP contribution in [0.25, 0.3) is 0 Å². The second kappa shape index (κ2) is 7.29. The molecule has 0 heterocycles. The van der Waals surface area contributed by atoms with Crippen molar-refractivity contribution in [2.24, 2.45) is 11.8 Å². The van der Waals surface area contributed by atoms with Crippen molar-refractivity contribution in [3.63, 3.8) is 0 Å². The summed E-state index contributed by atoms with van der Waals surface area (Å²) in [5, 5.41) is 0. The Kier molecular flexibility index (Phi) is 6.37. The highest BCUT2D eigenvalue weighted by atomic mass is 16.5. The largest absolute Gasteiger partial charge is 0.381 e. The van der Waals surface area contributed by atoms with E-state index in [2.05, 4.69) is 27.7 Å². The number of hydrogen-bond acceptors (Lipinski definition) is 2. The Morgan fingerprint density at radius 1 is 1.06 bits per heavy atom. The average Bonchev–Trinajstić information content (AvgIpc) is 2.19. The molecule has 0 bridgehead atoms. The molecule has 0 aromatic rings. The molecule has 1 fully saturated rings. The van der Waals surface area contributed by atoms with Gasteiger partial charge in [0.15, 0.2) is 0 Å². The van der Waals surface area contributed by atoms with Crippen LogP contribution in [0.2, 0.25) is 0 Å². The summed E-state index contributed by atoms with van der Waals surface area (Å²) >= 11 is 0. The zero-order valence-corrected chi connectivity index (χ0v) is 11.4. The van der Waals surface area contributed by atoms with Gasteiger partial charge in [-0.1, -0.05) is 26.7 Å². The molecular weight excluding hydrogens is 200 g/mol. The molecule has 1 aliphatic carbocycles. The first kappa shape index (κ1) is 14.0. The summed E-state index contributed by atoms with van der Waals surface area (Å²) in [6.07, 6.45) is 5.92. The molecule has 1 saturated carbocycles. The van der Waals surface area contributed by atoms with E-state index < -0.39 is 0 Å². The molecule has 96 valence electrons. The normalized spacial score (nSPS) is 26.6. The summed E-state index contributed by atoms with van der Waals surface area (Å²) in [5.74, 6) is 1.25. The zero-order chi connectivity index (χ0) is 12.0. The van der Waals surface area contributed by atoms with Crippen molar-refractivity contribution >= 4 is 0 Å². The summed E-state index contributed by atoms with van der Waals surface area (Å²) in [6.45, 7) is 10.4. The standard InChI is InChI=1S/C14H28O2/c1-11(2)9-15-10-13-7-5-6-8-14(13)16-12(3)4/h11-14H,5-10H2,1-4H3. The van der Waals surface area contributed by atoms with Crippen LogP contribution < -0.4 is 0 Å². The first-order valence-electron chi connectivity index (χ1n) is 6.82. The molecule has 2 atom stereocenters. The smallest absolute Gasteiger partial charge is 0.0628 e. The quantitative estimate of drug-likeness (QED) is 0.691. The van der Waals surface area contributed by atoms with Gasteiger partial charge in [0, 0.05) is 12.5 Å². The van der Waals surface area contributed by atoms with Crippen LogP contribution in [0.4, 0.5) is 0 Å². The van der Waals surface area contributed by atoms with Crippen molar-refractivity contribution in [3.05, 3.63) is 0 Å². The Labute approximate surface area is 101 Å². The molecule has 2 unspecified atom stereocenters. The first-order valence-corrected chi connectivity index (χ1v) is 6.82. The fourth-order valence-corrected chi connectivity index (χ4v) is 2.35. The Hall–Kier alpha value is -0.0800. The van der Waals surface area contributed by atoms with Gasteiger partial charge in [-0.15, -0.1) is 0 Å². The summed E-state index contributed by atoms with van der Waals surface area (Å²) in [7, 11) is 0. The molecule has 0 aromatic heterocycles. The van der Waals surface area contributed by atoms with Gasteiger partial charge in [0.2, 0.25) is 0 Å². The van der Waals surface area contributed by atoms with Gasteiger partial charge in [0.25, 0.3) is 0 Å². The number of hydrogen-bond donors (Lipinski definition) is 0. The van der Waals surface area contributed by atoms with Gasteiger partial charge < -0.3 is 9.47 Å². The van der Waals surface area contributed by atoms with Crippen molar-refractivity contribution in [3.8, 4) is 0 Å². The van der Waals surface area contributed by atoms with Gasteiger partial charge in [0.05, 0.1) is 18.8 Å². The van der Waals surface area contributed by atoms with Gasteiger partial charge >= 0.3 is 0 Å². The van der Waals surface area contributed by atoms with E-state index in [4.69, 9.17) is 9.47 Å². The lowest BCUT2D eigenvalue weighted by Crippen LogP contribution is -2.33. The molecule has 0 aromatic carbocycles. The second-order valence-corrected chi connectivity index (χ2v) is 5.70. The Morgan fingerprint density at radius 2 is 1.75 bits per heavy atom. The fraction of sp³-hybridized carbons (Fsp3) is 1.00. The predicted octanol–water partition coefficient (Wildman–Crippen LogP) is 3.64. The zero-order valence-electron chi connectivity index (χ0n) is 11.4. The molecule has 0 N–H and O–H groups in total. The monoisotopic (exact) mass is 228 g/mol. The van der Waals surface area contributed by atoms with E-state index in [1.165, 1.54) is 25.7 Å². The van der Waals surface area contributed by atoms with Crippen LogP contribution in [0.3, 0.4) is 0 Å². The van der Waals surface area contributed by atoms with E-state index in [1.807, 2.05) is 0 Å². The van der Waals surface area contributed by atoms with Crippen LogP contribution in [0.5, 0.6) is 0 Å². The molecule has 2 nitrogen and oxygen atoms in total. The van der Waals surface area contributed by atoms with Gasteiger partial charge in [-0.3, -0.25) is 0 Å². The summed E-state index contributed by atoms with van der Waals surface area (Å²) in [5.41, 5.74) is 0. The Balaban J connectivity index is 2.29. The molecule has 16 heavy (non-hydrogen) atoms. The molecule has 2 heteroatoms. The van der Waals surface area contributed by atoms with Gasteiger partial charge in [0.1, 0.15) is 0 Å². The first-order chi connectivity index (χ1) is 7.59. The molecule has 1 rings (SSSR count). The van der Waals surface area contributed by atoms with Crippen LogP contribution in [0.15, 0.2) is 0 Å². The average molecular weight is 228 g/mol. The summed E-state index contributed by atoms with van der Waals surface area (Å²) in [6, 6.07) is 0. The third kappa shape index (κ3) is 5.31. The summed E-state index contributed by atoms with van der Waals surface area (Å²) < 4.78 is 11.7. The minimum absolute atomic E-state index is 0.343. The summed E-state index contributed by atoms with van der Waals surface area (Å²) in [4.78, 5) is 0. The van der Waals surface area contributed by atoms with E-state index in [9.17, 15) is 0 Å². The molecule has 0 aliphatic heterocycles. The SMILES string of the molecule is CC(C)COCC1CCCCC1OC(C)C. The maximum absolute atomic E-state index is 5.98. The van der Waals surface area contributed by atoms with Crippen LogP contribution in [-0.2, 0) is 9.47 Å². The number of rotatable bonds is 6. The van der Waals surface area contributed by atoms with Crippen molar-refractivity contribution in [1.29, 1.82) is 0 Å². The minimum atomic E-state index is 0.343. The maximum atomic E-state index is 5.98. The molecule has 0 amide bonds. The van der Waals surface area contributed by atoms with E-state index in [0.717, 1.165) is 13.2 Å². The molecule has 1 aliphatic rings. The second-order valence-electron chi connectivity index (χ2n) is 5.70. The van der Waals surface area contributed by atoms with E-state index in [0.29, 0.717) is 24.0 Å². The number of ether oxygens (including phenoxy) is 2. The highest BCUT2D eigenvalue weighted by Crippen LogP contribution is 2.28. The van der Waals surface area contributed by atoms with Crippen molar-refractivity contribution in [2.75, 3.05) is 13.2 Å². The lowest BCUT2D eigenvalue weighted by Gasteiger charge is -2.32. The lowest BCUT2D eigenvalue weighted by atomic mass is 9.87. The maximum Gasteiger partial charge on any atom is 0.0628 e. The molecule has 0 saturated heterocycles. The highest BCUT2D eigenvalue weighted by Gasteiger charge is 2.26. The van der Waals surface area contributed by atoms with Crippen molar-refractivity contribution in [1.82, 2.24) is 0 Å². The highest BCUT2D eigenvalue weighted by molar-refractivity contribution is 4.76. The van der Waals surface area contributed by atoms with Crippen LogP contribution >= 0.6 is 0 Å². The van der Waals surface area contributed by atoms with Gasteiger partial charge in [-0.05, 0) is 32.6 Å². The van der Waals surface area contributed by atoms with Crippen molar-refractivity contribution < 1.29 is 9.47 Å². The fourth-order valence-electron chi connectivity index (χ4n) is 2.35. The molecule has 0 radical (unpaired) electrons. The van der Waals surface area contributed by atoms with E-state index in [-0.39, 0.29) is 0 Å². The van der Waals surface area contributed by atoms with E-state index >= 15 is 0 Å². The van der Waals surface area contributed by atoms with Gasteiger partial charge in [-0.25, -0.2) is 0 Å². The Bertz CT molecular complexity index is 178. The topological polar surface area (TPSA) is 18.5 Å². The van der Waals surface area contributed by atoms with Crippen LogP contribution in [-0.4, -0.2) is 25.4 Å². The lowest BCUT2D eigenvalue weighted by molar-refractivity contribution is -0.0701. The van der Waals surface area contributed by atoms with Crippen molar-refractivity contribution in [2.45, 2.75) is 65.6 Å². The predicted molar refractivity (Wildman–Crippen MR) is 67.6 cm³/mol. The third-order valence-electron chi connectivity index (χ3n) is 3.07. The minimum Gasteiger partial charge on any atom is -0.381 e. The molecular formula is C14H28O2.